The molecule has 148 valence electrons. The predicted octanol–water partition coefficient (Wildman–Crippen LogP) is 3.02. The van der Waals surface area contributed by atoms with Crippen LogP contribution in [0.1, 0.15) is 18.1 Å². The average molecular weight is 421 g/mol. The predicted molar refractivity (Wildman–Crippen MR) is 94.5 cm³/mol. The summed E-state index contributed by atoms with van der Waals surface area (Å²) >= 11 is 0. The van der Waals surface area contributed by atoms with Crippen molar-refractivity contribution in [2.24, 2.45) is 0 Å². The minimum absolute atomic E-state index is 0.0112. The Bertz CT molecular complexity index is 982. The Morgan fingerprint density at radius 3 is 1.85 bits per heavy atom. The molecule has 0 atom stereocenters. The van der Waals surface area contributed by atoms with Crippen molar-refractivity contribution >= 4 is 19.9 Å². The van der Waals surface area contributed by atoms with Crippen LogP contribution in [0.25, 0.3) is 0 Å². The molecule has 2 rings (SSSR count). The van der Waals surface area contributed by atoms with Crippen LogP contribution in [0.3, 0.4) is 0 Å². The molecular formula is C17H18F3NO4S2. The van der Waals surface area contributed by atoms with Gasteiger partial charge in [-0.3, -0.25) is 0 Å². The number of sulfone groups is 1. The molecule has 0 aliphatic rings. The fourth-order valence-corrected chi connectivity index (χ4v) is 4.18. The third-order valence-electron chi connectivity index (χ3n) is 3.86. The molecule has 2 aromatic carbocycles. The summed E-state index contributed by atoms with van der Waals surface area (Å²) in [5.74, 6) is -0.0928. The van der Waals surface area contributed by atoms with Crippen LogP contribution in [-0.4, -0.2) is 29.1 Å². The Balaban J connectivity index is 2.01. The highest BCUT2D eigenvalue weighted by atomic mass is 32.2. The lowest BCUT2D eigenvalue weighted by molar-refractivity contribution is -0.137. The number of hydrogen-bond acceptors (Lipinski definition) is 4. The van der Waals surface area contributed by atoms with Gasteiger partial charge in [-0.05, 0) is 48.4 Å². The minimum Gasteiger partial charge on any atom is -0.224 e. The molecule has 0 saturated heterocycles. The van der Waals surface area contributed by atoms with Gasteiger partial charge in [-0.2, -0.15) is 13.2 Å². The van der Waals surface area contributed by atoms with Gasteiger partial charge in [0.25, 0.3) is 0 Å². The summed E-state index contributed by atoms with van der Waals surface area (Å²) in [5, 5.41) is 0. The molecule has 0 amide bonds. The number of sulfonamides is 1. The summed E-state index contributed by atoms with van der Waals surface area (Å²) in [7, 11) is -7.28. The molecule has 0 spiro atoms. The summed E-state index contributed by atoms with van der Waals surface area (Å²) in [6.45, 7) is 1.48. The lowest BCUT2D eigenvalue weighted by atomic mass is 10.1. The van der Waals surface area contributed by atoms with Crippen LogP contribution >= 0.6 is 0 Å². The highest BCUT2D eigenvalue weighted by Gasteiger charge is 2.29. The Morgan fingerprint density at radius 1 is 0.852 bits per heavy atom. The lowest BCUT2D eigenvalue weighted by Crippen LogP contribution is -2.26. The maximum Gasteiger partial charge on any atom is 0.416 e. The molecule has 27 heavy (non-hydrogen) atoms. The Morgan fingerprint density at radius 2 is 1.37 bits per heavy atom. The summed E-state index contributed by atoms with van der Waals surface area (Å²) in [5.41, 5.74) is -0.218. The molecule has 0 unspecified atom stereocenters. The third kappa shape index (κ3) is 5.53. The zero-order valence-corrected chi connectivity index (χ0v) is 16.0. The molecule has 0 fully saturated rings. The number of halogens is 3. The standard InChI is InChI=1S/C17H18F3NO4S2/c1-2-26(22,23)15-7-9-16(10-8-15)27(24,25)21-12-11-13-3-5-14(6-4-13)17(18,19)20/h3-10,21H,2,11-12H2,1H3. The van der Waals surface area contributed by atoms with E-state index in [1.165, 1.54) is 43.3 Å². The summed E-state index contributed by atoms with van der Waals surface area (Å²) in [4.78, 5) is -0.0568. The first-order valence-corrected chi connectivity index (χ1v) is 11.1. The second-order valence-corrected chi connectivity index (χ2v) is 9.76. The first kappa shape index (κ1) is 21.4. The third-order valence-corrected chi connectivity index (χ3v) is 7.09. The molecule has 0 aliphatic heterocycles. The highest BCUT2D eigenvalue weighted by Crippen LogP contribution is 2.29. The molecule has 2 aromatic rings. The van der Waals surface area contributed by atoms with Gasteiger partial charge in [0, 0.05) is 6.54 Å². The van der Waals surface area contributed by atoms with Crippen LogP contribution in [0.4, 0.5) is 13.2 Å². The SMILES string of the molecule is CCS(=O)(=O)c1ccc(S(=O)(=O)NCCc2ccc(C(F)(F)F)cc2)cc1. The molecule has 0 saturated carbocycles. The number of alkyl halides is 3. The average Bonchev–Trinajstić information content (AvgIpc) is 2.61. The first-order valence-electron chi connectivity index (χ1n) is 7.94. The Labute approximate surface area is 156 Å². The maximum absolute atomic E-state index is 12.5. The molecule has 0 bridgehead atoms. The van der Waals surface area contributed by atoms with E-state index in [1.54, 1.807) is 0 Å². The van der Waals surface area contributed by atoms with Crippen LogP contribution in [0.15, 0.2) is 58.3 Å². The topological polar surface area (TPSA) is 80.3 Å². The first-order chi connectivity index (χ1) is 12.5. The van der Waals surface area contributed by atoms with E-state index < -0.39 is 31.6 Å². The van der Waals surface area contributed by atoms with Gasteiger partial charge in [-0.1, -0.05) is 19.1 Å². The van der Waals surface area contributed by atoms with E-state index in [4.69, 9.17) is 0 Å². The van der Waals surface area contributed by atoms with Crippen molar-refractivity contribution in [3.63, 3.8) is 0 Å². The number of hydrogen-bond donors (Lipinski definition) is 1. The van der Waals surface area contributed by atoms with E-state index >= 15 is 0 Å². The number of benzene rings is 2. The fourth-order valence-electron chi connectivity index (χ4n) is 2.27. The van der Waals surface area contributed by atoms with Crippen LogP contribution in [0, 0.1) is 0 Å². The Kier molecular flexibility index (Phi) is 6.33. The van der Waals surface area contributed by atoms with Gasteiger partial charge >= 0.3 is 6.18 Å². The smallest absolute Gasteiger partial charge is 0.224 e. The summed E-state index contributed by atoms with van der Waals surface area (Å²) in [6, 6.07) is 9.31. The van der Waals surface area contributed by atoms with Gasteiger partial charge < -0.3 is 0 Å². The molecule has 10 heteroatoms. The van der Waals surface area contributed by atoms with Gasteiger partial charge in [0.1, 0.15) is 0 Å². The molecular weight excluding hydrogens is 403 g/mol. The van der Waals surface area contributed by atoms with Crippen molar-refractivity contribution in [1.82, 2.24) is 4.72 Å². The zero-order valence-electron chi connectivity index (χ0n) is 14.3. The van der Waals surface area contributed by atoms with Crippen LogP contribution in [-0.2, 0) is 32.5 Å². The van der Waals surface area contributed by atoms with Crippen molar-refractivity contribution in [2.45, 2.75) is 29.3 Å². The number of rotatable bonds is 7. The van der Waals surface area contributed by atoms with Gasteiger partial charge in [0.2, 0.25) is 10.0 Å². The molecule has 0 radical (unpaired) electrons. The van der Waals surface area contributed by atoms with E-state index in [9.17, 15) is 30.0 Å². The zero-order chi connectivity index (χ0) is 20.3. The van der Waals surface area contributed by atoms with E-state index in [0.717, 1.165) is 12.1 Å². The van der Waals surface area contributed by atoms with E-state index in [1.807, 2.05) is 0 Å². The van der Waals surface area contributed by atoms with Gasteiger partial charge in [0.05, 0.1) is 21.1 Å². The highest BCUT2D eigenvalue weighted by molar-refractivity contribution is 7.91. The quantitative estimate of drug-likeness (QED) is 0.745. The van der Waals surface area contributed by atoms with Gasteiger partial charge in [-0.25, -0.2) is 21.6 Å². The van der Waals surface area contributed by atoms with Crippen LogP contribution < -0.4 is 4.72 Å². The molecule has 5 nitrogen and oxygen atoms in total. The normalized spacial score (nSPS) is 12.9. The maximum atomic E-state index is 12.5. The molecule has 0 aromatic heterocycles. The second-order valence-electron chi connectivity index (χ2n) is 5.72. The van der Waals surface area contributed by atoms with E-state index in [0.29, 0.717) is 5.56 Å². The molecule has 0 heterocycles. The van der Waals surface area contributed by atoms with Crippen molar-refractivity contribution in [1.29, 1.82) is 0 Å². The summed E-state index contributed by atoms with van der Waals surface area (Å²) in [6.07, 6.45) is -4.21. The van der Waals surface area contributed by atoms with Gasteiger partial charge in [-0.15, -0.1) is 0 Å². The Hall–Kier alpha value is -1.91. The van der Waals surface area contributed by atoms with Crippen molar-refractivity contribution in [3.8, 4) is 0 Å². The largest absolute Gasteiger partial charge is 0.416 e. The van der Waals surface area contributed by atoms with Gasteiger partial charge in [0.15, 0.2) is 9.84 Å². The minimum atomic E-state index is -4.42. The lowest BCUT2D eigenvalue weighted by Gasteiger charge is -2.09. The number of nitrogens with one attached hydrogen (secondary N) is 1. The molecule has 0 aliphatic carbocycles. The van der Waals surface area contributed by atoms with Crippen molar-refractivity contribution < 1.29 is 30.0 Å². The second kappa shape index (κ2) is 7.99. The van der Waals surface area contributed by atoms with Crippen LogP contribution in [0.5, 0.6) is 0 Å². The van der Waals surface area contributed by atoms with Crippen LogP contribution in [0.2, 0.25) is 0 Å². The monoisotopic (exact) mass is 421 g/mol. The van der Waals surface area contributed by atoms with Crippen molar-refractivity contribution in [3.05, 3.63) is 59.7 Å². The van der Waals surface area contributed by atoms with E-state index in [2.05, 4.69) is 4.72 Å². The fraction of sp³-hybridized carbons (Fsp3) is 0.294. The summed E-state index contributed by atoms with van der Waals surface area (Å²) < 4.78 is 87.8. The molecule has 1 N–H and O–H groups in total. The van der Waals surface area contributed by atoms with Crippen molar-refractivity contribution in [2.75, 3.05) is 12.3 Å². The van der Waals surface area contributed by atoms with E-state index in [-0.39, 0.29) is 28.5 Å².